The molecule has 1 amide bonds. The second kappa shape index (κ2) is 6.94. The molecule has 0 saturated carbocycles. The highest BCUT2D eigenvalue weighted by Gasteiger charge is 2.24. The van der Waals surface area contributed by atoms with Gasteiger partial charge in [-0.2, -0.15) is 0 Å². The topological polar surface area (TPSA) is 65.2 Å². The van der Waals surface area contributed by atoms with Crippen LogP contribution >= 0.6 is 0 Å². The second-order valence-corrected chi connectivity index (χ2v) is 7.16. The van der Waals surface area contributed by atoms with Crippen LogP contribution in [0.2, 0.25) is 0 Å². The number of H-pyrrole nitrogens is 1. The Balaban J connectivity index is 1.35. The van der Waals surface area contributed by atoms with E-state index in [1.807, 2.05) is 0 Å². The summed E-state index contributed by atoms with van der Waals surface area (Å²) in [6.07, 6.45) is 3.78. The van der Waals surface area contributed by atoms with Crippen LogP contribution in [0.5, 0.6) is 0 Å². The molecule has 2 aliphatic rings. The maximum absolute atomic E-state index is 13.0. The third-order valence-electron chi connectivity index (χ3n) is 5.36. The van der Waals surface area contributed by atoms with Gasteiger partial charge in [-0.25, -0.2) is 4.39 Å². The molecule has 2 heterocycles. The maximum Gasteiger partial charge on any atom is 0.261 e. The van der Waals surface area contributed by atoms with E-state index in [2.05, 4.69) is 15.2 Å². The lowest BCUT2D eigenvalue weighted by molar-refractivity contribution is 0.0946. The van der Waals surface area contributed by atoms with Crippen LogP contribution in [-0.2, 0) is 12.8 Å². The molecule has 2 aromatic rings. The fourth-order valence-electron chi connectivity index (χ4n) is 3.90. The van der Waals surface area contributed by atoms with Gasteiger partial charge >= 0.3 is 0 Å². The molecule has 6 heteroatoms. The van der Waals surface area contributed by atoms with E-state index in [9.17, 15) is 14.0 Å². The fourth-order valence-corrected chi connectivity index (χ4v) is 3.90. The first-order chi connectivity index (χ1) is 12.6. The number of amides is 1. The Morgan fingerprint density at radius 1 is 1.27 bits per heavy atom. The average Bonchev–Trinajstić information content (AvgIpc) is 3.28. The summed E-state index contributed by atoms with van der Waals surface area (Å²) in [7, 11) is 0. The minimum absolute atomic E-state index is 0.207. The molecule has 1 aromatic carbocycles. The summed E-state index contributed by atoms with van der Waals surface area (Å²) in [6.45, 7) is 2.23. The molecule has 2 N–H and O–H groups in total. The zero-order chi connectivity index (χ0) is 18.1. The van der Waals surface area contributed by atoms with E-state index in [1.54, 1.807) is 18.2 Å². The summed E-state index contributed by atoms with van der Waals surface area (Å²) in [6, 6.07) is 8.23. The Bertz CT molecular complexity index is 876. The number of hydrogen-bond donors (Lipinski definition) is 2. The van der Waals surface area contributed by atoms with Crippen LogP contribution in [0.4, 0.5) is 10.1 Å². The molecular weight excluding hydrogens is 333 g/mol. The largest absolute Gasteiger partial charge is 0.371 e. The van der Waals surface area contributed by atoms with Crippen LogP contribution in [0.1, 0.15) is 34.5 Å². The number of halogens is 1. The number of anilines is 1. The normalized spacial score (nSPS) is 18.8. The van der Waals surface area contributed by atoms with Gasteiger partial charge in [0.2, 0.25) is 0 Å². The van der Waals surface area contributed by atoms with Crippen LogP contribution < -0.4 is 15.8 Å². The number of hydrogen-bond acceptors (Lipinski definition) is 3. The van der Waals surface area contributed by atoms with Crippen LogP contribution in [0, 0.1) is 11.7 Å². The number of benzene rings is 1. The van der Waals surface area contributed by atoms with E-state index >= 15 is 0 Å². The Morgan fingerprint density at radius 2 is 2.08 bits per heavy atom. The predicted octanol–water partition coefficient (Wildman–Crippen LogP) is 2.26. The smallest absolute Gasteiger partial charge is 0.261 e. The van der Waals surface area contributed by atoms with Gasteiger partial charge in [0.25, 0.3) is 11.5 Å². The molecule has 1 unspecified atom stereocenters. The molecule has 136 valence electrons. The molecule has 1 fully saturated rings. The van der Waals surface area contributed by atoms with Crippen molar-refractivity contribution in [3.8, 4) is 0 Å². The van der Waals surface area contributed by atoms with E-state index in [0.29, 0.717) is 12.5 Å². The molecule has 4 rings (SSSR count). The van der Waals surface area contributed by atoms with Crippen molar-refractivity contribution in [3.05, 3.63) is 63.3 Å². The fraction of sp³-hybridized carbons (Fsp3) is 0.400. The van der Waals surface area contributed by atoms with Crippen LogP contribution in [0.25, 0.3) is 0 Å². The summed E-state index contributed by atoms with van der Waals surface area (Å²) in [5.74, 6) is -0.227. The van der Waals surface area contributed by atoms with E-state index < -0.39 is 0 Å². The highest BCUT2D eigenvalue weighted by Crippen LogP contribution is 2.24. The Labute approximate surface area is 151 Å². The summed E-state index contributed by atoms with van der Waals surface area (Å²) in [5.41, 5.74) is 2.95. The van der Waals surface area contributed by atoms with Crippen molar-refractivity contribution < 1.29 is 9.18 Å². The number of pyridine rings is 1. The lowest BCUT2D eigenvalue weighted by Gasteiger charge is -2.18. The van der Waals surface area contributed by atoms with Crippen molar-refractivity contribution >= 4 is 11.6 Å². The van der Waals surface area contributed by atoms with E-state index in [1.165, 1.54) is 12.1 Å². The quantitative estimate of drug-likeness (QED) is 0.884. The number of fused-ring (bicyclic) bond motifs is 1. The third kappa shape index (κ3) is 3.36. The highest BCUT2D eigenvalue weighted by atomic mass is 19.1. The predicted molar refractivity (Wildman–Crippen MR) is 98.1 cm³/mol. The first kappa shape index (κ1) is 16.8. The first-order valence-electron chi connectivity index (χ1n) is 9.14. The number of aryl methyl sites for hydroxylation is 2. The number of carbonyl (C=O) groups is 1. The molecule has 1 atom stereocenters. The lowest BCUT2D eigenvalue weighted by atomic mass is 10.1. The van der Waals surface area contributed by atoms with E-state index in [4.69, 9.17) is 0 Å². The molecule has 0 spiro atoms. The van der Waals surface area contributed by atoms with Gasteiger partial charge in [0.15, 0.2) is 0 Å². The maximum atomic E-state index is 13.0. The van der Waals surface area contributed by atoms with Crippen molar-refractivity contribution in [1.82, 2.24) is 10.3 Å². The van der Waals surface area contributed by atoms with Gasteiger partial charge in [-0.3, -0.25) is 9.59 Å². The molecule has 1 aromatic heterocycles. The van der Waals surface area contributed by atoms with Crippen molar-refractivity contribution in [2.75, 3.05) is 24.5 Å². The Kier molecular flexibility index (Phi) is 4.49. The monoisotopic (exact) mass is 355 g/mol. The Morgan fingerprint density at radius 3 is 2.88 bits per heavy atom. The summed E-state index contributed by atoms with van der Waals surface area (Å²) in [5, 5.41) is 2.91. The summed E-state index contributed by atoms with van der Waals surface area (Å²) >= 11 is 0. The van der Waals surface area contributed by atoms with Crippen LogP contribution in [0.15, 0.2) is 35.1 Å². The zero-order valence-electron chi connectivity index (χ0n) is 14.6. The number of carbonyl (C=O) groups excluding carboxylic acids is 1. The van der Waals surface area contributed by atoms with Gasteiger partial charge in [0.1, 0.15) is 11.4 Å². The SMILES string of the molecule is O=C(NCC1CCN(c2ccc(F)cc2)C1)c1cc2c([nH]c1=O)CCC2. The highest BCUT2D eigenvalue weighted by molar-refractivity contribution is 5.94. The number of rotatable bonds is 4. The van der Waals surface area contributed by atoms with E-state index in [-0.39, 0.29) is 22.8 Å². The third-order valence-corrected chi connectivity index (χ3v) is 5.36. The van der Waals surface area contributed by atoms with E-state index in [0.717, 1.165) is 55.7 Å². The first-order valence-corrected chi connectivity index (χ1v) is 9.14. The molecule has 1 aliphatic carbocycles. The standard InChI is InChI=1S/C20H22FN3O2/c21-15-4-6-16(7-5-15)24-9-8-13(12-24)11-22-19(25)17-10-14-2-1-3-18(14)23-20(17)26/h4-7,10,13H,1-3,8-9,11-12H2,(H,22,25)(H,23,26). The Hall–Kier alpha value is -2.63. The minimum Gasteiger partial charge on any atom is -0.371 e. The number of aromatic amines is 1. The molecular formula is C20H22FN3O2. The molecule has 0 radical (unpaired) electrons. The van der Waals surface area contributed by atoms with Gasteiger partial charge in [0, 0.05) is 31.0 Å². The van der Waals surface area contributed by atoms with Crippen molar-refractivity contribution in [3.63, 3.8) is 0 Å². The van der Waals surface area contributed by atoms with Gasteiger partial charge in [-0.1, -0.05) is 0 Å². The molecule has 1 saturated heterocycles. The van der Waals surface area contributed by atoms with Crippen molar-refractivity contribution in [2.24, 2.45) is 5.92 Å². The molecule has 0 bridgehead atoms. The molecule has 5 nitrogen and oxygen atoms in total. The van der Waals surface area contributed by atoms with Crippen LogP contribution in [-0.4, -0.2) is 30.5 Å². The second-order valence-electron chi connectivity index (χ2n) is 7.16. The number of aromatic nitrogens is 1. The molecule has 1 aliphatic heterocycles. The summed E-state index contributed by atoms with van der Waals surface area (Å²) in [4.78, 5) is 29.6. The van der Waals surface area contributed by atoms with Crippen molar-refractivity contribution in [1.29, 1.82) is 0 Å². The average molecular weight is 355 g/mol. The van der Waals surface area contributed by atoms with Gasteiger partial charge in [-0.15, -0.1) is 0 Å². The van der Waals surface area contributed by atoms with Crippen molar-refractivity contribution in [2.45, 2.75) is 25.7 Å². The zero-order valence-corrected chi connectivity index (χ0v) is 14.6. The van der Waals surface area contributed by atoms with Crippen LogP contribution in [0.3, 0.4) is 0 Å². The van der Waals surface area contributed by atoms with Gasteiger partial charge in [-0.05, 0) is 67.5 Å². The van der Waals surface area contributed by atoms with Gasteiger partial charge in [0.05, 0.1) is 0 Å². The van der Waals surface area contributed by atoms with Gasteiger partial charge < -0.3 is 15.2 Å². The minimum atomic E-state index is -0.304. The number of nitrogens with one attached hydrogen (secondary N) is 2. The number of nitrogens with zero attached hydrogens (tertiary/aromatic N) is 1. The summed E-state index contributed by atoms with van der Waals surface area (Å²) < 4.78 is 13.0. The lowest BCUT2D eigenvalue weighted by Crippen LogP contribution is -2.34. The molecule has 26 heavy (non-hydrogen) atoms.